The Morgan fingerprint density at radius 2 is 2.26 bits per heavy atom. The Bertz CT molecular complexity index is 460. The topological polar surface area (TPSA) is 75.5 Å². The number of carbonyl (C=O) groups is 1. The largest absolute Gasteiger partial charge is 0.463 e. The van der Waals surface area contributed by atoms with E-state index in [-0.39, 0.29) is 12.4 Å². The number of aliphatic hydroxyl groups is 1. The molecule has 0 bridgehead atoms. The summed E-state index contributed by atoms with van der Waals surface area (Å²) in [6.07, 6.45) is 3.38. The summed E-state index contributed by atoms with van der Waals surface area (Å²) in [5, 5.41) is 9.18. The van der Waals surface area contributed by atoms with Gasteiger partial charge in [-0.15, -0.1) is 0 Å². The number of aromatic nitrogens is 2. The van der Waals surface area contributed by atoms with Gasteiger partial charge in [-0.3, -0.25) is 0 Å². The minimum Gasteiger partial charge on any atom is -0.463 e. The molecule has 6 heteroatoms. The maximum atomic E-state index is 11.5. The molecule has 0 spiro atoms. The van der Waals surface area contributed by atoms with Gasteiger partial charge in [0.05, 0.1) is 13.7 Å². The summed E-state index contributed by atoms with van der Waals surface area (Å²) >= 11 is 0. The SMILES string of the molecule is COC(=O)c1nc(C)cc(N(CCO)C2CCC2)n1. The molecule has 1 aromatic rings. The van der Waals surface area contributed by atoms with Crippen LogP contribution in [0.2, 0.25) is 0 Å². The highest BCUT2D eigenvalue weighted by Crippen LogP contribution is 2.28. The molecule has 1 saturated carbocycles. The van der Waals surface area contributed by atoms with E-state index >= 15 is 0 Å². The average molecular weight is 265 g/mol. The number of nitrogens with zero attached hydrogens (tertiary/aromatic N) is 3. The maximum absolute atomic E-state index is 11.5. The number of hydrogen-bond acceptors (Lipinski definition) is 6. The fourth-order valence-electron chi connectivity index (χ4n) is 2.17. The third kappa shape index (κ3) is 3.01. The van der Waals surface area contributed by atoms with Gasteiger partial charge in [0.2, 0.25) is 5.82 Å². The van der Waals surface area contributed by atoms with E-state index in [2.05, 4.69) is 14.7 Å². The van der Waals surface area contributed by atoms with Gasteiger partial charge < -0.3 is 14.7 Å². The zero-order valence-electron chi connectivity index (χ0n) is 11.3. The van der Waals surface area contributed by atoms with E-state index in [0.29, 0.717) is 24.1 Å². The fourth-order valence-corrected chi connectivity index (χ4v) is 2.17. The van der Waals surface area contributed by atoms with Gasteiger partial charge in [0.1, 0.15) is 5.82 Å². The Hall–Kier alpha value is -1.69. The second kappa shape index (κ2) is 5.97. The summed E-state index contributed by atoms with van der Waals surface area (Å²) in [5.41, 5.74) is 0.715. The third-order valence-electron chi connectivity index (χ3n) is 3.36. The second-order valence-corrected chi connectivity index (χ2v) is 4.68. The minimum atomic E-state index is -0.539. The van der Waals surface area contributed by atoms with E-state index in [1.54, 1.807) is 0 Å². The van der Waals surface area contributed by atoms with E-state index in [4.69, 9.17) is 0 Å². The Labute approximate surface area is 112 Å². The van der Waals surface area contributed by atoms with Crippen molar-refractivity contribution in [1.29, 1.82) is 0 Å². The van der Waals surface area contributed by atoms with E-state index in [9.17, 15) is 9.90 Å². The van der Waals surface area contributed by atoms with Gasteiger partial charge in [0.15, 0.2) is 0 Å². The van der Waals surface area contributed by atoms with Crippen molar-refractivity contribution in [1.82, 2.24) is 9.97 Å². The molecule has 1 N–H and O–H groups in total. The smallest absolute Gasteiger partial charge is 0.376 e. The normalized spacial score (nSPS) is 14.9. The number of carbonyl (C=O) groups excluding carboxylic acids is 1. The van der Waals surface area contributed by atoms with Crippen LogP contribution in [0.3, 0.4) is 0 Å². The van der Waals surface area contributed by atoms with Crippen LogP contribution in [0.5, 0.6) is 0 Å². The molecule has 104 valence electrons. The molecular weight excluding hydrogens is 246 g/mol. The summed E-state index contributed by atoms with van der Waals surface area (Å²) in [6.45, 7) is 2.39. The van der Waals surface area contributed by atoms with Gasteiger partial charge in [0.25, 0.3) is 0 Å². The van der Waals surface area contributed by atoms with Crippen molar-refractivity contribution in [3.05, 3.63) is 17.6 Å². The first-order valence-electron chi connectivity index (χ1n) is 6.47. The molecule has 1 heterocycles. The van der Waals surface area contributed by atoms with Crippen molar-refractivity contribution in [3.8, 4) is 0 Å². The van der Waals surface area contributed by atoms with Crippen LogP contribution in [-0.2, 0) is 4.74 Å². The molecule has 0 unspecified atom stereocenters. The number of methoxy groups -OCH3 is 1. The van der Waals surface area contributed by atoms with Gasteiger partial charge in [-0.1, -0.05) is 0 Å². The number of aryl methyl sites for hydroxylation is 1. The first-order valence-corrected chi connectivity index (χ1v) is 6.47. The molecule has 0 aromatic carbocycles. The fraction of sp³-hybridized carbons (Fsp3) is 0.615. The highest BCUT2D eigenvalue weighted by atomic mass is 16.5. The van der Waals surface area contributed by atoms with E-state index in [0.717, 1.165) is 12.8 Å². The Morgan fingerprint density at radius 3 is 2.79 bits per heavy atom. The summed E-state index contributed by atoms with van der Waals surface area (Å²) < 4.78 is 4.65. The maximum Gasteiger partial charge on any atom is 0.376 e. The number of esters is 1. The standard InChI is InChI=1S/C13H19N3O3/c1-9-8-11(15-12(14-9)13(18)19-2)16(6-7-17)10-4-3-5-10/h8,10,17H,3-7H2,1-2H3. The van der Waals surface area contributed by atoms with Crippen LogP contribution in [0.15, 0.2) is 6.07 Å². The lowest BCUT2D eigenvalue weighted by Crippen LogP contribution is -2.42. The second-order valence-electron chi connectivity index (χ2n) is 4.68. The quantitative estimate of drug-likeness (QED) is 0.798. The lowest BCUT2D eigenvalue weighted by molar-refractivity contribution is 0.0586. The summed E-state index contributed by atoms with van der Waals surface area (Å²) in [6, 6.07) is 2.23. The van der Waals surface area contributed by atoms with Crippen molar-refractivity contribution >= 4 is 11.8 Å². The van der Waals surface area contributed by atoms with Gasteiger partial charge >= 0.3 is 5.97 Å². The van der Waals surface area contributed by atoms with Crippen LogP contribution in [0.1, 0.15) is 35.6 Å². The zero-order chi connectivity index (χ0) is 13.8. The van der Waals surface area contributed by atoms with Crippen LogP contribution < -0.4 is 4.90 Å². The first kappa shape index (κ1) is 13.7. The predicted molar refractivity (Wildman–Crippen MR) is 70.2 cm³/mol. The van der Waals surface area contributed by atoms with Gasteiger partial charge in [-0.05, 0) is 26.2 Å². The van der Waals surface area contributed by atoms with E-state index < -0.39 is 5.97 Å². The molecule has 0 amide bonds. The monoisotopic (exact) mass is 265 g/mol. The number of hydrogen-bond donors (Lipinski definition) is 1. The number of aliphatic hydroxyl groups excluding tert-OH is 1. The molecule has 0 radical (unpaired) electrons. The molecule has 0 aliphatic heterocycles. The van der Waals surface area contributed by atoms with Crippen LogP contribution in [0.4, 0.5) is 5.82 Å². The molecule has 1 aromatic heterocycles. The lowest BCUT2D eigenvalue weighted by atomic mass is 9.91. The molecule has 0 saturated heterocycles. The zero-order valence-corrected chi connectivity index (χ0v) is 11.3. The summed E-state index contributed by atoms with van der Waals surface area (Å²) in [7, 11) is 1.31. The van der Waals surface area contributed by atoms with Crippen molar-refractivity contribution in [2.75, 3.05) is 25.2 Å². The number of ether oxygens (including phenoxy) is 1. The first-order chi connectivity index (χ1) is 9.15. The molecule has 1 aliphatic rings. The molecule has 0 atom stereocenters. The van der Waals surface area contributed by atoms with Crippen molar-refractivity contribution in [2.24, 2.45) is 0 Å². The minimum absolute atomic E-state index is 0.0626. The third-order valence-corrected chi connectivity index (χ3v) is 3.36. The van der Waals surface area contributed by atoms with Crippen molar-refractivity contribution < 1.29 is 14.6 Å². The molecular formula is C13H19N3O3. The average Bonchev–Trinajstić information content (AvgIpc) is 2.34. The van der Waals surface area contributed by atoms with Crippen LogP contribution >= 0.6 is 0 Å². The summed E-state index contributed by atoms with van der Waals surface area (Å²) in [5.74, 6) is 0.217. The number of anilines is 1. The van der Waals surface area contributed by atoms with Crippen LogP contribution in [0, 0.1) is 6.92 Å². The molecule has 2 rings (SSSR count). The molecule has 6 nitrogen and oxygen atoms in total. The van der Waals surface area contributed by atoms with Gasteiger partial charge in [-0.2, -0.15) is 0 Å². The molecule has 1 fully saturated rings. The lowest BCUT2D eigenvalue weighted by Gasteiger charge is -2.38. The predicted octanol–water partition coefficient (Wildman–Crippen LogP) is 0.923. The highest BCUT2D eigenvalue weighted by molar-refractivity contribution is 5.85. The van der Waals surface area contributed by atoms with Crippen molar-refractivity contribution in [3.63, 3.8) is 0 Å². The molecule has 1 aliphatic carbocycles. The van der Waals surface area contributed by atoms with E-state index in [1.165, 1.54) is 13.5 Å². The molecule has 19 heavy (non-hydrogen) atoms. The van der Waals surface area contributed by atoms with Gasteiger partial charge in [0, 0.05) is 24.3 Å². The Balaban J connectivity index is 2.30. The van der Waals surface area contributed by atoms with Gasteiger partial charge in [-0.25, -0.2) is 14.8 Å². The Morgan fingerprint density at radius 1 is 1.53 bits per heavy atom. The summed E-state index contributed by atoms with van der Waals surface area (Å²) in [4.78, 5) is 21.9. The van der Waals surface area contributed by atoms with E-state index in [1.807, 2.05) is 17.9 Å². The Kier molecular flexibility index (Phi) is 4.31. The van der Waals surface area contributed by atoms with Crippen LogP contribution in [0.25, 0.3) is 0 Å². The van der Waals surface area contributed by atoms with Crippen molar-refractivity contribution in [2.45, 2.75) is 32.2 Å². The highest BCUT2D eigenvalue weighted by Gasteiger charge is 2.26. The number of rotatable bonds is 5. The van der Waals surface area contributed by atoms with Crippen LogP contribution in [-0.4, -0.2) is 47.3 Å².